The van der Waals surface area contributed by atoms with Crippen LogP contribution in [-0.2, 0) is 4.79 Å². The van der Waals surface area contributed by atoms with Crippen LogP contribution in [0.2, 0.25) is 0 Å². The van der Waals surface area contributed by atoms with Gasteiger partial charge in [0.1, 0.15) is 0 Å². The molecule has 15 heavy (non-hydrogen) atoms. The van der Waals surface area contributed by atoms with Crippen LogP contribution in [0, 0.1) is 11.8 Å². The van der Waals surface area contributed by atoms with Crippen molar-refractivity contribution in [1.29, 1.82) is 0 Å². The summed E-state index contributed by atoms with van der Waals surface area (Å²) in [5.41, 5.74) is 0. The first kappa shape index (κ1) is 12.5. The molecule has 1 heterocycles. The maximum atomic E-state index is 11.8. The first-order valence-electron chi connectivity index (χ1n) is 5.66. The minimum atomic E-state index is 0.135. The molecule has 0 aliphatic carbocycles. The van der Waals surface area contributed by atoms with Crippen molar-refractivity contribution in [3.05, 3.63) is 0 Å². The van der Waals surface area contributed by atoms with Gasteiger partial charge in [0.15, 0.2) is 0 Å². The van der Waals surface area contributed by atoms with E-state index in [1.807, 2.05) is 27.9 Å². The van der Waals surface area contributed by atoms with E-state index < -0.39 is 0 Å². The summed E-state index contributed by atoms with van der Waals surface area (Å²) in [4.78, 5) is 13.9. The highest BCUT2D eigenvalue weighted by Crippen LogP contribution is 2.15. The Balaban J connectivity index is 2.27. The molecule has 1 aliphatic rings. The van der Waals surface area contributed by atoms with Gasteiger partial charge in [-0.3, -0.25) is 4.79 Å². The summed E-state index contributed by atoms with van der Waals surface area (Å²) in [6.45, 7) is 6.92. The number of likely N-dealkylation sites (N-methyl/N-ethyl adjacent to an activating group) is 1. The van der Waals surface area contributed by atoms with Crippen LogP contribution in [0.4, 0.5) is 0 Å². The van der Waals surface area contributed by atoms with E-state index in [2.05, 4.69) is 15.5 Å². The Labute approximate surface area is 92.4 Å². The molecule has 0 aromatic carbocycles. The number of nitrogens with zero attached hydrogens (tertiary/aromatic N) is 1. The molecule has 2 N–H and O–H groups in total. The summed E-state index contributed by atoms with van der Waals surface area (Å²) in [5, 5.41) is 6.25. The molecule has 0 saturated carbocycles. The van der Waals surface area contributed by atoms with Crippen LogP contribution in [-0.4, -0.2) is 50.6 Å². The van der Waals surface area contributed by atoms with Crippen molar-refractivity contribution >= 4 is 5.91 Å². The number of hydrogen-bond donors (Lipinski definition) is 2. The van der Waals surface area contributed by atoms with Gasteiger partial charge in [0, 0.05) is 18.5 Å². The molecule has 2 unspecified atom stereocenters. The molecule has 1 amide bonds. The minimum absolute atomic E-state index is 0.135. The number of hydrogen-bond acceptors (Lipinski definition) is 3. The fourth-order valence-corrected chi connectivity index (χ4v) is 1.85. The quantitative estimate of drug-likeness (QED) is 0.671. The molecule has 4 heteroatoms. The zero-order valence-electron chi connectivity index (χ0n) is 10.2. The van der Waals surface area contributed by atoms with Crippen LogP contribution >= 0.6 is 0 Å². The monoisotopic (exact) mass is 213 g/mol. The van der Waals surface area contributed by atoms with Crippen LogP contribution in [0.15, 0.2) is 0 Å². The molecular formula is C11H23N3O. The Morgan fingerprint density at radius 3 is 2.47 bits per heavy atom. The van der Waals surface area contributed by atoms with Gasteiger partial charge in [0.05, 0.1) is 0 Å². The van der Waals surface area contributed by atoms with Crippen molar-refractivity contribution < 1.29 is 4.79 Å². The van der Waals surface area contributed by atoms with E-state index in [1.54, 1.807) is 0 Å². The second kappa shape index (κ2) is 5.47. The average Bonchev–Trinajstić information content (AvgIpc) is 1.98. The van der Waals surface area contributed by atoms with Crippen LogP contribution in [0.25, 0.3) is 0 Å². The standard InChI is InChI=1S/C11H23N3O/c1-8(7-14(3)4)13-11(15)9(2)10-5-12-6-10/h8-10,12H,5-7H2,1-4H3,(H,13,15). The summed E-state index contributed by atoms with van der Waals surface area (Å²) in [6.07, 6.45) is 0. The van der Waals surface area contributed by atoms with Crippen molar-refractivity contribution in [3.63, 3.8) is 0 Å². The Kier molecular flexibility index (Phi) is 4.54. The lowest BCUT2D eigenvalue weighted by molar-refractivity contribution is -0.127. The third-order valence-corrected chi connectivity index (χ3v) is 2.96. The smallest absolute Gasteiger partial charge is 0.223 e. The highest BCUT2D eigenvalue weighted by atomic mass is 16.1. The lowest BCUT2D eigenvalue weighted by atomic mass is 9.88. The summed E-state index contributed by atoms with van der Waals surface area (Å²) < 4.78 is 0. The molecule has 0 radical (unpaired) electrons. The van der Waals surface area contributed by atoms with Gasteiger partial charge in [0.2, 0.25) is 5.91 Å². The van der Waals surface area contributed by atoms with Gasteiger partial charge < -0.3 is 15.5 Å². The van der Waals surface area contributed by atoms with Gasteiger partial charge in [-0.1, -0.05) is 6.92 Å². The Morgan fingerprint density at radius 1 is 1.47 bits per heavy atom. The molecule has 0 aromatic heterocycles. The Hall–Kier alpha value is -0.610. The summed E-state index contributed by atoms with van der Waals surface area (Å²) in [7, 11) is 4.03. The zero-order chi connectivity index (χ0) is 11.4. The van der Waals surface area contributed by atoms with Crippen LogP contribution in [0.3, 0.4) is 0 Å². The minimum Gasteiger partial charge on any atom is -0.352 e. The van der Waals surface area contributed by atoms with E-state index in [1.165, 1.54) is 0 Å². The predicted molar refractivity (Wildman–Crippen MR) is 61.7 cm³/mol. The molecule has 88 valence electrons. The fourth-order valence-electron chi connectivity index (χ4n) is 1.85. The van der Waals surface area contributed by atoms with Crippen molar-refractivity contribution in [1.82, 2.24) is 15.5 Å². The van der Waals surface area contributed by atoms with Gasteiger partial charge in [-0.05, 0) is 40.0 Å². The highest BCUT2D eigenvalue weighted by molar-refractivity contribution is 5.79. The number of carbonyl (C=O) groups is 1. The van der Waals surface area contributed by atoms with Crippen molar-refractivity contribution in [2.24, 2.45) is 11.8 Å². The van der Waals surface area contributed by atoms with Crippen LogP contribution in [0.5, 0.6) is 0 Å². The van der Waals surface area contributed by atoms with Gasteiger partial charge in [-0.25, -0.2) is 0 Å². The van der Waals surface area contributed by atoms with Crippen LogP contribution in [0.1, 0.15) is 13.8 Å². The largest absolute Gasteiger partial charge is 0.352 e. The third-order valence-electron chi connectivity index (χ3n) is 2.96. The molecule has 1 fully saturated rings. The van der Waals surface area contributed by atoms with Crippen molar-refractivity contribution in [2.75, 3.05) is 33.7 Å². The third kappa shape index (κ3) is 3.80. The summed E-state index contributed by atoms with van der Waals surface area (Å²) in [6, 6.07) is 0.225. The van der Waals surface area contributed by atoms with Gasteiger partial charge in [-0.2, -0.15) is 0 Å². The molecule has 2 atom stereocenters. The summed E-state index contributed by atoms with van der Waals surface area (Å²) >= 11 is 0. The zero-order valence-corrected chi connectivity index (χ0v) is 10.2. The highest BCUT2D eigenvalue weighted by Gasteiger charge is 2.29. The van der Waals surface area contributed by atoms with E-state index in [0.29, 0.717) is 5.92 Å². The second-order valence-electron chi connectivity index (χ2n) is 4.88. The fraction of sp³-hybridized carbons (Fsp3) is 0.909. The van der Waals surface area contributed by atoms with E-state index in [9.17, 15) is 4.79 Å². The average molecular weight is 213 g/mol. The lowest BCUT2D eigenvalue weighted by Crippen LogP contribution is -2.51. The topological polar surface area (TPSA) is 44.4 Å². The number of carbonyl (C=O) groups excluding carboxylic acids is 1. The van der Waals surface area contributed by atoms with E-state index in [0.717, 1.165) is 19.6 Å². The molecule has 0 spiro atoms. The first-order valence-corrected chi connectivity index (χ1v) is 5.66. The number of rotatable bonds is 5. The Morgan fingerprint density at radius 2 is 2.07 bits per heavy atom. The second-order valence-corrected chi connectivity index (χ2v) is 4.88. The molecular weight excluding hydrogens is 190 g/mol. The van der Waals surface area contributed by atoms with Gasteiger partial charge in [0.25, 0.3) is 0 Å². The molecule has 1 saturated heterocycles. The van der Waals surface area contributed by atoms with Gasteiger partial charge in [-0.15, -0.1) is 0 Å². The number of nitrogens with one attached hydrogen (secondary N) is 2. The molecule has 0 bridgehead atoms. The predicted octanol–water partition coefficient (Wildman–Crippen LogP) is -0.0918. The normalized spacial score (nSPS) is 20.9. The molecule has 1 rings (SSSR count). The molecule has 0 aromatic rings. The number of amides is 1. The van der Waals surface area contributed by atoms with E-state index >= 15 is 0 Å². The van der Waals surface area contributed by atoms with Crippen molar-refractivity contribution in [2.45, 2.75) is 19.9 Å². The van der Waals surface area contributed by atoms with E-state index in [4.69, 9.17) is 0 Å². The SMILES string of the molecule is CC(CN(C)C)NC(=O)C(C)C1CNC1. The maximum absolute atomic E-state index is 11.8. The summed E-state index contributed by atoms with van der Waals surface area (Å²) in [5.74, 6) is 0.850. The molecule has 1 aliphatic heterocycles. The van der Waals surface area contributed by atoms with Crippen molar-refractivity contribution in [3.8, 4) is 0 Å². The maximum Gasteiger partial charge on any atom is 0.223 e. The Bertz CT molecular complexity index is 214. The molecule has 4 nitrogen and oxygen atoms in total. The lowest BCUT2D eigenvalue weighted by Gasteiger charge is -2.32. The van der Waals surface area contributed by atoms with E-state index in [-0.39, 0.29) is 17.9 Å². The van der Waals surface area contributed by atoms with Crippen LogP contribution < -0.4 is 10.6 Å². The van der Waals surface area contributed by atoms with Gasteiger partial charge >= 0.3 is 0 Å². The first-order chi connectivity index (χ1) is 7.00.